The van der Waals surface area contributed by atoms with Crippen LogP contribution in [-0.4, -0.2) is 29.7 Å². The molecule has 13 heavy (non-hydrogen) atoms. The zero-order chi connectivity index (χ0) is 8.93. The number of hydrogen-bond acceptors (Lipinski definition) is 3. The van der Waals surface area contributed by atoms with Crippen LogP contribution in [0.5, 0.6) is 0 Å². The van der Waals surface area contributed by atoms with Crippen LogP contribution in [0.15, 0.2) is 16.9 Å². The van der Waals surface area contributed by atoms with Crippen molar-refractivity contribution in [2.75, 3.05) is 19.6 Å². The van der Waals surface area contributed by atoms with Crippen molar-refractivity contribution in [2.45, 2.75) is 25.7 Å². The monoisotopic (exact) mass is 180 g/mol. The number of piperidine rings is 1. The van der Waals surface area contributed by atoms with E-state index in [1.807, 2.05) is 6.07 Å². The van der Waals surface area contributed by atoms with Gasteiger partial charge in [0.15, 0.2) is 0 Å². The lowest BCUT2D eigenvalue weighted by molar-refractivity contribution is 0.230. The van der Waals surface area contributed by atoms with Crippen LogP contribution in [0.4, 0.5) is 0 Å². The molecule has 1 aromatic rings. The molecule has 0 amide bonds. The third-order valence-corrected chi connectivity index (χ3v) is 2.62. The lowest BCUT2D eigenvalue weighted by Crippen LogP contribution is -2.31. The first-order valence-corrected chi connectivity index (χ1v) is 5.07. The van der Waals surface area contributed by atoms with Gasteiger partial charge in [0, 0.05) is 19.0 Å². The Morgan fingerprint density at radius 1 is 1.31 bits per heavy atom. The van der Waals surface area contributed by atoms with Gasteiger partial charge in [-0.05, 0) is 25.9 Å². The van der Waals surface area contributed by atoms with Gasteiger partial charge in [-0.15, -0.1) is 0 Å². The predicted molar refractivity (Wildman–Crippen MR) is 50.5 cm³/mol. The van der Waals surface area contributed by atoms with Crippen LogP contribution in [0.3, 0.4) is 0 Å². The van der Waals surface area contributed by atoms with Gasteiger partial charge in [0.1, 0.15) is 6.26 Å². The minimum atomic E-state index is 1.02. The highest BCUT2D eigenvalue weighted by Gasteiger charge is 2.09. The molecular formula is C10H16N2O. The highest BCUT2D eigenvalue weighted by molar-refractivity contribution is 4.95. The lowest BCUT2D eigenvalue weighted by atomic mass is 10.1. The summed E-state index contributed by atoms with van der Waals surface area (Å²) < 4.78 is 4.79. The molecule has 1 aliphatic rings. The van der Waals surface area contributed by atoms with Crippen molar-refractivity contribution in [1.29, 1.82) is 0 Å². The second-order valence-corrected chi connectivity index (χ2v) is 3.64. The maximum atomic E-state index is 4.79. The lowest BCUT2D eigenvalue weighted by Gasteiger charge is -2.25. The van der Waals surface area contributed by atoms with E-state index < -0.39 is 0 Å². The van der Waals surface area contributed by atoms with E-state index in [1.165, 1.54) is 32.4 Å². The smallest absolute Gasteiger partial charge is 0.124 e. The Bertz CT molecular complexity index is 227. The molecule has 0 aromatic carbocycles. The number of rotatable bonds is 3. The van der Waals surface area contributed by atoms with Gasteiger partial charge in [-0.2, -0.15) is 0 Å². The summed E-state index contributed by atoms with van der Waals surface area (Å²) in [6.07, 6.45) is 6.79. The molecule has 0 aliphatic carbocycles. The Hall–Kier alpha value is -0.830. The summed E-state index contributed by atoms with van der Waals surface area (Å²) in [7, 11) is 0. The van der Waals surface area contributed by atoms with Gasteiger partial charge >= 0.3 is 0 Å². The standard InChI is InChI=1S/C10H16N2O/c1-2-6-12(7-3-1)8-4-10-5-9-13-11-10/h5,9H,1-4,6-8H2. The SMILES string of the molecule is c1cc(CCN2CCCCC2)no1. The van der Waals surface area contributed by atoms with Crippen molar-refractivity contribution < 1.29 is 4.52 Å². The van der Waals surface area contributed by atoms with Crippen molar-refractivity contribution >= 4 is 0 Å². The van der Waals surface area contributed by atoms with Crippen LogP contribution >= 0.6 is 0 Å². The minimum Gasteiger partial charge on any atom is -0.365 e. The number of aromatic nitrogens is 1. The van der Waals surface area contributed by atoms with Crippen molar-refractivity contribution in [2.24, 2.45) is 0 Å². The molecule has 1 saturated heterocycles. The average molecular weight is 180 g/mol. The number of hydrogen-bond donors (Lipinski definition) is 0. The molecule has 0 saturated carbocycles. The summed E-state index contributed by atoms with van der Waals surface area (Å²) in [6, 6.07) is 1.95. The molecule has 0 radical (unpaired) electrons. The van der Waals surface area contributed by atoms with E-state index in [9.17, 15) is 0 Å². The van der Waals surface area contributed by atoms with Gasteiger partial charge in [-0.25, -0.2) is 0 Å². The van der Waals surface area contributed by atoms with E-state index in [1.54, 1.807) is 6.26 Å². The molecule has 0 N–H and O–H groups in total. The third-order valence-electron chi connectivity index (χ3n) is 2.62. The maximum absolute atomic E-state index is 4.79. The van der Waals surface area contributed by atoms with E-state index in [0.717, 1.165) is 18.7 Å². The summed E-state index contributed by atoms with van der Waals surface area (Å²) >= 11 is 0. The van der Waals surface area contributed by atoms with E-state index >= 15 is 0 Å². The van der Waals surface area contributed by atoms with Crippen molar-refractivity contribution in [1.82, 2.24) is 10.1 Å². The van der Waals surface area contributed by atoms with Crippen molar-refractivity contribution in [3.8, 4) is 0 Å². The van der Waals surface area contributed by atoms with E-state index in [4.69, 9.17) is 4.52 Å². The zero-order valence-electron chi connectivity index (χ0n) is 7.91. The van der Waals surface area contributed by atoms with Crippen LogP contribution in [0.1, 0.15) is 25.0 Å². The average Bonchev–Trinajstić information content (AvgIpc) is 2.69. The Morgan fingerprint density at radius 2 is 2.15 bits per heavy atom. The first-order chi connectivity index (χ1) is 6.45. The molecule has 2 rings (SSSR count). The normalized spacial score (nSPS) is 19.1. The van der Waals surface area contributed by atoms with Gasteiger partial charge in [-0.1, -0.05) is 11.6 Å². The molecule has 72 valence electrons. The van der Waals surface area contributed by atoms with Crippen molar-refractivity contribution in [3.63, 3.8) is 0 Å². The summed E-state index contributed by atoms with van der Waals surface area (Å²) in [4.78, 5) is 2.51. The first-order valence-electron chi connectivity index (χ1n) is 5.07. The highest BCUT2D eigenvalue weighted by Crippen LogP contribution is 2.09. The van der Waals surface area contributed by atoms with E-state index in [-0.39, 0.29) is 0 Å². The molecule has 0 bridgehead atoms. The van der Waals surface area contributed by atoms with Gasteiger partial charge in [0.2, 0.25) is 0 Å². The summed E-state index contributed by atoms with van der Waals surface area (Å²) in [5.74, 6) is 0. The van der Waals surface area contributed by atoms with Gasteiger partial charge in [-0.3, -0.25) is 0 Å². The molecule has 1 fully saturated rings. The van der Waals surface area contributed by atoms with Gasteiger partial charge < -0.3 is 9.42 Å². The molecule has 2 heterocycles. The zero-order valence-corrected chi connectivity index (χ0v) is 7.91. The Balaban J connectivity index is 1.72. The second kappa shape index (κ2) is 4.42. The minimum absolute atomic E-state index is 1.02. The van der Waals surface area contributed by atoms with E-state index in [0.29, 0.717) is 0 Å². The van der Waals surface area contributed by atoms with Crippen molar-refractivity contribution in [3.05, 3.63) is 18.0 Å². The molecule has 1 aromatic heterocycles. The number of likely N-dealkylation sites (tertiary alicyclic amines) is 1. The summed E-state index contributed by atoms with van der Waals surface area (Å²) in [5.41, 5.74) is 1.07. The Kier molecular flexibility index (Phi) is 2.98. The highest BCUT2D eigenvalue weighted by atomic mass is 16.5. The van der Waals surface area contributed by atoms with Crippen LogP contribution in [0.2, 0.25) is 0 Å². The van der Waals surface area contributed by atoms with Crippen LogP contribution < -0.4 is 0 Å². The largest absolute Gasteiger partial charge is 0.365 e. The Morgan fingerprint density at radius 3 is 2.85 bits per heavy atom. The maximum Gasteiger partial charge on any atom is 0.124 e. The molecule has 0 atom stereocenters. The third kappa shape index (κ3) is 2.56. The van der Waals surface area contributed by atoms with Crippen LogP contribution in [0.25, 0.3) is 0 Å². The summed E-state index contributed by atoms with van der Waals surface area (Å²) in [5, 5.41) is 3.90. The van der Waals surface area contributed by atoms with Gasteiger partial charge in [0.25, 0.3) is 0 Å². The fraction of sp³-hybridized carbons (Fsp3) is 0.700. The topological polar surface area (TPSA) is 29.3 Å². The number of nitrogens with zero attached hydrogens (tertiary/aromatic N) is 2. The molecule has 3 heteroatoms. The quantitative estimate of drug-likeness (QED) is 0.709. The van der Waals surface area contributed by atoms with Crippen LogP contribution in [0, 0.1) is 0 Å². The Labute approximate surface area is 78.7 Å². The molecule has 1 aliphatic heterocycles. The molecule has 3 nitrogen and oxygen atoms in total. The fourth-order valence-corrected chi connectivity index (χ4v) is 1.82. The van der Waals surface area contributed by atoms with E-state index in [2.05, 4.69) is 10.1 Å². The molecular weight excluding hydrogens is 164 g/mol. The van der Waals surface area contributed by atoms with Gasteiger partial charge in [0.05, 0.1) is 5.69 Å². The molecule has 0 unspecified atom stereocenters. The fourth-order valence-electron chi connectivity index (χ4n) is 1.82. The predicted octanol–water partition coefficient (Wildman–Crippen LogP) is 1.70. The van der Waals surface area contributed by atoms with Crippen LogP contribution in [-0.2, 0) is 6.42 Å². The summed E-state index contributed by atoms with van der Waals surface area (Å²) in [6.45, 7) is 3.65. The second-order valence-electron chi connectivity index (χ2n) is 3.64. The molecule has 0 spiro atoms. The first kappa shape index (κ1) is 8.75.